The van der Waals surface area contributed by atoms with E-state index < -0.39 is 17.8 Å². The highest BCUT2D eigenvalue weighted by Gasteiger charge is 2.39. The molecule has 218 valence electrons. The van der Waals surface area contributed by atoms with Gasteiger partial charge in [-0.1, -0.05) is 18.2 Å². The summed E-state index contributed by atoms with van der Waals surface area (Å²) in [6.07, 6.45) is 0.683. The lowest BCUT2D eigenvalue weighted by Gasteiger charge is -2.42. The zero-order valence-corrected chi connectivity index (χ0v) is 22.9. The molecule has 3 aliphatic heterocycles. The molecular formula is C31H30FN3O7. The highest BCUT2D eigenvalue weighted by Crippen LogP contribution is 2.34. The number of anilines is 1. The summed E-state index contributed by atoms with van der Waals surface area (Å²) in [5.41, 5.74) is 1.44. The fourth-order valence-corrected chi connectivity index (χ4v) is 5.48. The number of nitrogens with zero attached hydrogens (tertiary/aromatic N) is 1. The van der Waals surface area contributed by atoms with Gasteiger partial charge in [0, 0.05) is 19.3 Å². The van der Waals surface area contributed by atoms with Crippen LogP contribution in [0, 0.1) is 5.82 Å². The average molecular weight is 576 g/mol. The van der Waals surface area contributed by atoms with Crippen molar-refractivity contribution < 1.29 is 37.7 Å². The van der Waals surface area contributed by atoms with Crippen molar-refractivity contribution in [2.24, 2.45) is 0 Å². The Labute approximate surface area is 241 Å². The topological polar surface area (TPSA) is 115 Å². The van der Waals surface area contributed by atoms with Crippen LogP contribution in [0.25, 0.3) is 0 Å². The van der Waals surface area contributed by atoms with E-state index in [0.29, 0.717) is 42.3 Å². The van der Waals surface area contributed by atoms with Crippen LogP contribution in [0.15, 0.2) is 60.7 Å². The average Bonchev–Trinajstić information content (AvgIpc) is 3.46. The summed E-state index contributed by atoms with van der Waals surface area (Å²) in [6, 6.07) is 15.7. The Bertz CT molecular complexity index is 1530. The SMILES string of the molecule is CN1C(=O)c2cc(NC(=O)c3ccccc3F)ccc2OC[C@@H]2O[C@@H](CC(=O)NCc3ccc4c(c3)OCO4)CC[C@H]21. The predicted octanol–water partition coefficient (Wildman–Crippen LogP) is 3.89. The first kappa shape index (κ1) is 27.5. The number of ether oxygens (including phenoxy) is 4. The number of fused-ring (bicyclic) bond motifs is 3. The van der Waals surface area contributed by atoms with Crippen molar-refractivity contribution in [2.45, 2.75) is 44.1 Å². The van der Waals surface area contributed by atoms with E-state index in [9.17, 15) is 18.8 Å². The number of hydrogen-bond donors (Lipinski definition) is 2. The van der Waals surface area contributed by atoms with Crippen LogP contribution in [0.5, 0.6) is 17.2 Å². The molecule has 6 rings (SSSR count). The summed E-state index contributed by atoms with van der Waals surface area (Å²) in [5, 5.41) is 5.58. The number of rotatable bonds is 6. The Morgan fingerprint density at radius 2 is 1.79 bits per heavy atom. The molecule has 3 aliphatic rings. The van der Waals surface area contributed by atoms with Crippen LogP contribution in [-0.2, 0) is 16.1 Å². The fraction of sp³-hybridized carbons (Fsp3) is 0.323. The van der Waals surface area contributed by atoms with Gasteiger partial charge in [0.15, 0.2) is 11.5 Å². The van der Waals surface area contributed by atoms with Gasteiger partial charge in [-0.05, 0) is 60.9 Å². The van der Waals surface area contributed by atoms with E-state index in [0.717, 1.165) is 5.56 Å². The van der Waals surface area contributed by atoms with Crippen molar-refractivity contribution in [2.75, 3.05) is 25.8 Å². The third-order valence-corrected chi connectivity index (χ3v) is 7.73. The quantitative estimate of drug-likeness (QED) is 0.458. The molecule has 3 aromatic rings. The standard InChI is InChI=1S/C31H30FN3O7/c1-35-24-9-8-20(14-29(36)33-15-18-6-10-26-27(12-18)41-17-40-26)42-28(24)16-39-25-11-7-19(13-22(25)31(35)38)34-30(37)21-4-2-3-5-23(21)32/h2-7,10-13,20,24,28H,8-9,14-17H2,1H3,(H,33,36)(H,34,37)/t20-,24-,28+/m1/s1. The number of benzene rings is 3. The summed E-state index contributed by atoms with van der Waals surface area (Å²) >= 11 is 0. The summed E-state index contributed by atoms with van der Waals surface area (Å²) in [7, 11) is 1.71. The molecule has 1 fully saturated rings. The van der Waals surface area contributed by atoms with Gasteiger partial charge in [0.1, 0.15) is 24.3 Å². The molecule has 2 N–H and O–H groups in total. The monoisotopic (exact) mass is 575 g/mol. The first-order valence-corrected chi connectivity index (χ1v) is 13.8. The van der Waals surface area contributed by atoms with Crippen molar-refractivity contribution in [1.29, 1.82) is 0 Å². The number of hydrogen-bond acceptors (Lipinski definition) is 7. The molecule has 3 atom stereocenters. The summed E-state index contributed by atoms with van der Waals surface area (Å²) < 4.78 is 37.0. The molecule has 1 saturated heterocycles. The smallest absolute Gasteiger partial charge is 0.258 e. The summed E-state index contributed by atoms with van der Waals surface area (Å²) in [6.45, 7) is 0.734. The van der Waals surface area contributed by atoms with Crippen LogP contribution in [-0.4, -0.2) is 61.3 Å². The predicted molar refractivity (Wildman–Crippen MR) is 149 cm³/mol. The molecule has 0 bridgehead atoms. The maximum Gasteiger partial charge on any atom is 0.258 e. The van der Waals surface area contributed by atoms with Crippen LogP contribution in [0.3, 0.4) is 0 Å². The van der Waals surface area contributed by atoms with Gasteiger partial charge in [0.05, 0.1) is 29.7 Å². The molecule has 11 heteroatoms. The largest absolute Gasteiger partial charge is 0.490 e. The van der Waals surface area contributed by atoms with Gasteiger partial charge in [-0.3, -0.25) is 14.4 Å². The normalized spacial score (nSPS) is 20.9. The van der Waals surface area contributed by atoms with Crippen LogP contribution < -0.4 is 24.8 Å². The highest BCUT2D eigenvalue weighted by molar-refractivity contribution is 6.05. The zero-order valence-electron chi connectivity index (χ0n) is 22.9. The maximum atomic E-state index is 14.0. The van der Waals surface area contributed by atoms with Crippen LogP contribution >= 0.6 is 0 Å². The number of halogens is 1. The molecule has 0 saturated carbocycles. The molecule has 42 heavy (non-hydrogen) atoms. The number of amides is 3. The molecule has 0 radical (unpaired) electrons. The van der Waals surface area contributed by atoms with Crippen LogP contribution in [0.4, 0.5) is 10.1 Å². The van der Waals surface area contributed by atoms with Gasteiger partial charge < -0.3 is 34.5 Å². The molecule has 0 unspecified atom stereocenters. The van der Waals surface area contributed by atoms with E-state index in [1.54, 1.807) is 30.1 Å². The summed E-state index contributed by atoms with van der Waals surface area (Å²) in [4.78, 5) is 40.4. The van der Waals surface area contributed by atoms with Crippen molar-refractivity contribution in [3.63, 3.8) is 0 Å². The van der Waals surface area contributed by atoms with E-state index >= 15 is 0 Å². The second-order valence-electron chi connectivity index (χ2n) is 10.5. The van der Waals surface area contributed by atoms with Crippen LogP contribution in [0.1, 0.15) is 45.5 Å². The second-order valence-corrected chi connectivity index (χ2v) is 10.5. The van der Waals surface area contributed by atoms with E-state index in [2.05, 4.69) is 10.6 Å². The molecule has 0 aliphatic carbocycles. The van der Waals surface area contributed by atoms with Gasteiger partial charge >= 0.3 is 0 Å². The summed E-state index contributed by atoms with van der Waals surface area (Å²) in [5.74, 6) is 0.0249. The van der Waals surface area contributed by atoms with Gasteiger partial charge in [0.25, 0.3) is 11.8 Å². The van der Waals surface area contributed by atoms with E-state index in [1.165, 1.54) is 24.3 Å². The third kappa shape index (κ3) is 5.73. The first-order valence-electron chi connectivity index (χ1n) is 13.8. The molecule has 0 spiro atoms. The first-order chi connectivity index (χ1) is 20.4. The fourth-order valence-electron chi connectivity index (χ4n) is 5.48. The van der Waals surface area contributed by atoms with Gasteiger partial charge in [-0.25, -0.2) is 4.39 Å². The minimum absolute atomic E-state index is 0.0951. The molecule has 0 aromatic heterocycles. The third-order valence-electron chi connectivity index (χ3n) is 7.73. The molecule has 3 heterocycles. The van der Waals surface area contributed by atoms with Gasteiger partial charge in [-0.2, -0.15) is 0 Å². The Hall–Kier alpha value is -4.64. The Morgan fingerprint density at radius 1 is 0.976 bits per heavy atom. The van der Waals surface area contributed by atoms with E-state index in [1.807, 2.05) is 18.2 Å². The number of likely N-dealkylation sites (N-methyl/N-ethyl adjacent to an activating group) is 1. The Kier molecular flexibility index (Phi) is 7.66. The lowest BCUT2D eigenvalue weighted by Crippen LogP contribution is -2.53. The number of carbonyl (C=O) groups excluding carboxylic acids is 3. The minimum Gasteiger partial charge on any atom is -0.490 e. The molecule has 3 aromatic carbocycles. The maximum absolute atomic E-state index is 14.0. The molecule has 10 nitrogen and oxygen atoms in total. The van der Waals surface area contributed by atoms with Crippen molar-refractivity contribution in [3.05, 3.63) is 83.2 Å². The van der Waals surface area contributed by atoms with Crippen molar-refractivity contribution in [1.82, 2.24) is 10.2 Å². The van der Waals surface area contributed by atoms with Gasteiger partial charge in [0.2, 0.25) is 12.7 Å². The molecule has 3 amide bonds. The number of carbonyl (C=O) groups is 3. The second kappa shape index (κ2) is 11.7. The zero-order chi connectivity index (χ0) is 29.2. The van der Waals surface area contributed by atoms with Crippen molar-refractivity contribution >= 4 is 23.4 Å². The van der Waals surface area contributed by atoms with Crippen LogP contribution in [0.2, 0.25) is 0 Å². The lowest BCUT2D eigenvalue weighted by molar-refractivity contribution is -0.134. The van der Waals surface area contributed by atoms with Crippen molar-refractivity contribution in [3.8, 4) is 17.2 Å². The van der Waals surface area contributed by atoms with Gasteiger partial charge in [-0.15, -0.1) is 0 Å². The van der Waals surface area contributed by atoms with E-state index in [4.69, 9.17) is 18.9 Å². The Morgan fingerprint density at radius 3 is 2.64 bits per heavy atom. The van der Waals surface area contributed by atoms with E-state index in [-0.39, 0.29) is 54.9 Å². The minimum atomic E-state index is -0.635. The molecular weight excluding hydrogens is 545 g/mol. The Balaban J connectivity index is 1.07. The lowest BCUT2D eigenvalue weighted by atomic mass is 9.94. The highest BCUT2D eigenvalue weighted by atomic mass is 19.1. The number of nitrogens with one attached hydrogen (secondary N) is 2.